The fraction of sp³-hybridized carbons (Fsp3) is 0.357. The van der Waals surface area contributed by atoms with Crippen molar-refractivity contribution in [1.29, 1.82) is 0 Å². The molecule has 18 heavy (non-hydrogen) atoms. The quantitative estimate of drug-likeness (QED) is 0.897. The van der Waals surface area contributed by atoms with Gasteiger partial charge in [0, 0.05) is 24.0 Å². The van der Waals surface area contributed by atoms with E-state index in [0.717, 1.165) is 29.4 Å². The highest BCUT2D eigenvalue weighted by Gasteiger charge is 2.30. The maximum Gasteiger partial charge on any atom is 0.131 e. The van der Waals surface area contributed by atoms with Crippen LogP contribution in [0.15, 0.2) is 35.1 Å². The molecular formula is C14H17N3O. The van der Waals surface area contributed by atoms with Crippen LogP contribution in [0.3, 0.4) is 0 Å². The third kappa shape index (κ3) is 2.18. The molecule has 4 heteroatoms. The van der Waals surface area contributed by atoms with E-state index in [1.54, 1.807) is 6.26 Å². The average Bonchev–Trinajstić information content (AvgIpc) is 3.07. The molecule has 0 spiro atoms. The van der Waals surface area contributed by atoms with E-state index in [1.165, 1.54) is 12.8 Å². The van der Waals surface area contributed by atoms with E-state index in [-0.39, 0.29) is 0 Å². The molecule has 0 unspecified atom stereocenters. The Morgan fingerprint density at radius 1 is 1.50 bits per heavy atom. The summed E-state index contributed by atoms with van der Waals surface area (Å²) >= 11 is 0. The van der Waals surface area contributed by atoms with Crippen LogP contribution in [-0.4, -0.2) is 11.0 Å². The fourth-order valence-electron chi connectivity index (χ4n) is 2.04. The largest absolute Gasteiger partial charge is 0.467 e. The number of furan rings is 1. The van der Waals surface area contributed by atoms with Crippen LogP contribution in [0.25, 0.3) is 0 Å². The first-order valence-electron chi connectivity index (χ1n) is 6.25. The Kier molecular flexibility index (Phi) is 2.70. The first-order valence-corrected chi connectivity index (χ1v) is 6.25. The minimum atomic E-state index is 0.574. The number of nitrogen functional groups attached to an aromatic ring is 1. The number of nitrogens with two attached hydrogens (primary N) is 1. The van der Waals surface area contributed by atoms with Crippen molar-refractivity contribution in [3.05, 3.63) is 42.0 Å². The Labute approximate surface area is 106 Å². The zero-order chi connectivity index (χ0) is 12.5. The predicted molar refractivity (Wildman–Crippen MR) is 71.3 cm³/mol. The maximum absolute atomic E-state index is 5.96. The summed E-state index contributed by atoms with van der Waals surface area (Å²) in [6.07, 6.45) is 5.98. The van der Waals surface area contributed by atoms with Gasteiger partial charge in [0.25, 0.3) is 0 Å². The van der Waals surface area contributed by atoms with E-state index in [1.807, 2.05) is 31.3 Å². The van der Waals surface area contributed by atoms with Crippen LogP contribution in [0.4, 0.5) is 11.5 Å². The van der Waals surface area contributed by atoms with E-state index in [9.17, 15) is 0 Å². The lowest BCUT2D eigenvalue weighted by Crippen LogP contribution is -2.25. The van der Waals surface area contributed by atoms with Gasteiger partial charge in [0.2, 0.25) is 0 Å². The summed E-state index contributed by atoms with van der Waals surface area (Å²) in [7, 11) is 0. The molecule has 0 bridgehead atoms. The molecule has 1 saturated carbocycles. The molecule has 94 valence electrons. The first kappa shape index (κ1) is 11.1. The van der Waals surface area contributed by atoms with Gasteiger partial charge in [-0.05, 0) is 37.5 Å². The van der Waals surface area contributed by atoms with Crippen LogP contribution in [0.1, 0.15) is 24.2 Å². The number of anilines is 2. The van der Waals surface area contributed by atoms with Crippen molar-refractivity contribution < 1.29 is 4.42 Å². The molecule has 0 aliphatic heterocycles. The number of hydrogen-bond donors (Lipinski definition) is 1. The number of nitrogens with zero attached hydrogens (tertiary/aromatic N) is 2. The molecule has 2 heterocycles. The molecule has 0 radical (unpaired) electrons. The van der Waals surface area contributed by atoms with Gasteiger partial charge in [0.1, 0.15) is 11.6 Å². The van der Waals surface area contributed by atoms with Gasteiger partial charge in [0.05, 0.1) is 12.8 Å². The van der Waals surface area contributed by atoms with Gasteiger partial charge < -0.3 is 15.1 Å². The molecule has 1 fully saturated rings. The van der Waals surface area contributed by atoms with Gasteiger partial charge in [0.15, 0.2) is 0 Å². The molecule has 0 amide bonds. The minimum Gasteiger partial charge on any atom is -0.467 e. The second-order valence-electron chi connectivity index (χ2n) is 4.84. The number of aryl methyl sites for hydroxylation is 1. The lowest BCUT2D eigenvalue weighted by atomic mass is 10.2. The van der Waals surface area contributed by atoms with Crippen LogP contribution >= 0.6 is 0 Å². The van der Waals surface area contributed by atoms with Gasteiger partial charge >= 0.3 is 0 Å². The normalized spacial score (nSPS) is 14.7. The summed E-state index contributed by atoms with van der Waals surface area (Å²) < 4.78 is 5.42. The Morgan fingerprint density at radius 3 is 2.94 bits per heavy atom. The molecule has 4 nitrogen and oxygen atoms in total. The summed E-state index contributed by atoms with van der Waals surface area (Å²) in [5, 5.41) is 0. The molecular weight excluding hydrogens is 226 g/mol. The molecule has 0 aromatic carbocycles. The number of aromatic nitrogens is 1. The van der Waals surface area contributed by atoms with Crippen LogP contribution in [0, 0.1) is 6.92 Å². The third-order valence-electron chi connectivity index (χ3n) is 3.32. The summed E-state index contributed by atoms with van der Waals surface area (Å²) in [5.74, 6) is 1.90. The predicted octanol–water partition coefficient (Wildman–Crippen LogP) is 2.73. The zero-order valence-electron chi connectivity index (χ0n) is 10.5. The molecule has 1 aliphatic rings. The molecule has 0 atom stereocenters. The van der Waals surface area contributed by atoms with Gasteiger partial charge in [-0.3, -0.25) is 0 Å². The van der Waals surface area contributed by atoms with Crippen LogP contribution < -0.4 is 10.6 Å². The van der Waals surface area contributed by atoms with E-state index < -0.39 is 0 Å². The fourth-order valence-corrected chi connectivity index (χ4v) is 2.04. The number of pyridine rings is 1. The molecule has 0 saturated heterocycles. The summed E-state index contributed by atoms with van der Waals surface area (Å²) in [6.45, 7) is 2.73. The SMILES string of the molecule is Cc1cnc(N(Cc2ccco2)C2CC2)cc1N. The monoisotopic (exact) mass is 243 g/mol. The highest BCUT2D eigenvalue weighted by Crippen LogP contribution is 2.33. The molecule has 1 aliphatic carbocycles. The van der Waals surface area contributed by atoms with Crippen molar-refractivity contribution in [3.8, 4) is 0 Å². The second-order valence-corrected chi connectivity index (χ2v) is 4.84. The Hall–Kier alpha value is -1.97. The first-order chi connectivity index (χ1) is 8.74. The van der Waals surface area contributed by atoms with Crippen LogP contribution in [-0.2, 0) is 6.54 Å². The van der Waals surface area contributed by atoms with Crippen molar-refractivity contribution >= 4 is 11.5 Å². The Morgan fingerprint density at radius 2 is 2.33 bits per heavy atom. The smallest absolute Gasteiger partial charge is 0.131 e. The standard InChI is InChI=1S/C14H17N3O/c1-10-8-16-14(7-13(10)15)17(11-4-5-11)9-12-3-2-6-18-12/h2-3,6-8,11H,4-5,9H2,1H3,(H2,15,16). The lowest BCUT2D eigenvalue weighted by Gasteiger charge is -2.22. The van der Waals surface area contributed by atoms with Crippen molar-refractivity contribution in [2.45, 2.75) is 32.4 Å². The minimum absolute atomic E-state index is 0.574. The second kappa shape index (κ2) is 4.37. The Balaban J connectivity index is 1.86. The van der Waals surface area contributed by atoms with E-state index in [0.29, 0.717) is 6.04 Å². The van der Waals surface area contributed by atoms with Crippen LogP contribution in [0.5, 0.6) is 0 Å². The highest BCUT2D eigenvalue weighted by atomic mass is 16.3. The van der Waals surface area contributed by atoms with E-state index in [4.69, 9.17) is 10.2 Å². The summed E-state index contributed by atoms with van der Waals surface area (Å²) in [4.78, 5) is 6.76. The summed E-state index contributed by atoms with van der Waals surface area (Å²) in [6, 6.07) is 6.44. The molecule has 3 rings (SSSR count). The van der Waals surface area contributed by atoms with E-state index in [2.05, 4.69) is 9.88 Å². The number of hydrogen-bond acceptors (Lipinski definition) is 4. The van der Waals surface area contributed by atoms with Gasteiger partial charge in [-0.2, -0.15) is 0 Å². The topological polar surface area (TPSA) is 55.3 Å². The molecule has 2 N–H and O–H groups in total. The maximum atomic E-state index is 5.96. The lowest BCUT2D eigenvalue weighted by molar-refractivity contribution is 0.500. The van der Waals surface area contributed by atoms with Gasteiger partial charge in [-0.1, -0.05) is 0 Å². The van der Waals surface area contributed by atoms with Gasteiger partial charge in [-0.25, -0.2) is 4.98 Å². The van der Waals surface area contributed by atoms with Crippen molar-refractivity contribution in [3.63, 3.8) is 0 Å². The Bertz CT molecular complexity index is 532. The van der Waals surface area contributed by atoms with Gasteiger partial charge in [-0.15, -0.1) is 0 Å². The third-order valence-corrected chi connectivity index (χ3v) is 3.32. The highest BCUT2D eigenvalue weighted by molar-refractivity contribution is 5.55. The molecule has 2 aromatic heterocycles. The van der Waals surface area contributed by atoms with Crippen LogP contribution in [0.2, 0.25) is 0 Å². The zero-order valence-corrected chi connectivity index (χ0v) is 10.5. The molecule has 2 aromatic rings. The van der Waals surface area contributed by atoms with Crippen molar-refractivity contribution in [2.75, 3.05) is 10.6 Å². The van der Waals surface area contributed by atoms with Crippen molar-refractivity contribution in [2.24, 2.45) is 0 Å². The number of rotatable bonds is 4. The summed E-state index contributed by atoms with van der Waals surface area (Å²) in [5.41, 5.74) is 7.78. The average molecular weight is 243 g/mol. The van der Waals surface area contributed by atoms with E-state index >= 15 is 0 Å². The van der Waals surface area contributed by atoms with Crippen molar-refractivity contribution in [1.82, 2.24) is 4.98 Å².